The van der Waals surface area contributed by atoms with Gasteiger partial charge < -0.3 is 10.1 Å². The van der Waals surface area contributed by atoms with E-state index in [2.05, 4.69) is 32.2 Å². The fourth-order valence-electron chi connectivity index (χ4n) is 3.01. The van der Waals surface area contributed by atoms with Crippen LogP contribution >= 0.6 is 0 Å². The fraction of sp³-hybridized carbons (Fsp3) is 0.867. The van der Waals surface area contributed by atoms with Gasteiger partial charge in [-0.25, -0.2) is 0 Å². The van der Waals surface area contributed by atoms with Gasteiger partial charge in [0.05, 0.1) is 11.7 Å². The molecule has 2 heterocycles. The Hall–Kier alpha value is -0.340. The van der Waals surface area contributed by atoms with E-state index in [4.69, 9.17) is 4.74 Å². The molecular formula is C15H27NO. The quantitative estimate of drug-likeness (QED) is 0.759. The topological polar surface area (TPSA) is 21.3 Å². The Morgan fingerprint density at radius 2 is 2.18 bits per heavy atom. The first-order chi connectivity index (χ1) is 8.05. The van der Waals surface area contributed by atoms with Crippen LogP contribution in [0.2, 0.25) is 0 Å². The van der Waals surface area contributed by atoms with E-state index in [9.17, 15) is 0 Å². The van der Waals surface area contributed by atoms with Crippen LogP contribution < -0.4 is 5.32 Å². The summed E-state index contributed by atoms with van der Waals surface area (Å²) < 4.78 is 6.01. The van der Waals surface area contributed by atoms with Gasteiger partial charge in [0.1, 0.15) is 0 Å². The second-order valence-electron chi connectivity index (χ2n) is 6.32. The van der Waals surface area contributed by atoms with E-state index in [0.29, 0.717) is 12.1 Å². The van der Waals surface area contributed by atoms with Gasteiger partial charge >= 0.3 is 0 Å². The molecule has 0 aliphatic carbocycles. The van der Waals surface area contributed by atoms with Gasteiger partial charge in [0.15, 0.2) is 0 Å². The summed E-state index contributed by atoms with van der Waals surface area (Å²) in [6, 6.07) is 0.703. The minimum atomic E-state index is 0.0878. The number of hydrogen-bond donors (Lipinski definition) is 1. The molecule has 2 fully saturated rings. The smallest absolute Gasteiger partial charge is 0.0766 e. The van der Waals surface area contributed by atoms with Crippen molar-refractivity contribution in [3.05, 3.63) is 11.6 Å². The van der Waals surface area contributed by atoms with Crippen LogP contribution in [-0.4, -0.2) is 24.3 Å². The maximum Gasteiger partial charge on any atom is 0.0766 e. The van der Waals surface area contributed by atoms with E-state index in [1.807, 2.05) is 0 Å². The Morgan fingerprint density at radius 3 is 2.76 bits per heavy atom. The zero-order chi connectivity index (χ0) is 12.3. The van der Waals surface area contributed by atoms with E-state index >= 15 is 0 Å². The average Bonchev–Trinajstić information content (AvgIpc) is 2.59. The van der Waals surface area contributed by atoms with Crippen molar-refractivity contribution in [3.63, 3.8) is 0 Å². The summed E-state index contributed by atoms with van der Waals surface area (Å²) >= 11 is 0. The Bertz CT molecular complexity index is 277. The maximum atomic E-state index is 6.01. The minimum Gasteiger partial charge on any atom is -0.368 e. The molecule has 0 aromatic rings. The lowest BCUT2D eigenvalue weighted by molar-refractivity contribution is 0.00485. The summed E-state index contributed by atoms with van der Waals surface area (Å²) in [4.78, 5) is 0. The molecule has 0 aromatic heterocycles. The first-order valence-corrected chi connectivity index (χ1v) is 7.14. The van der Waals surface area contributed by atoms with Crippen LogP contribution in [0.4, 0.5) is 0 Å². The highest BCUT2D eigenvalue weighted by molar-refractivity contribution is 5.07. The van der Waals surface area contributed by atoms with Crippen molar-refractivity contribution in [1.82, 2.24) is 5.32 Å². The highest BCUT2D eigenvalue weighted by Crippen LogP contribution is 2.30. The van der Waals surface area contributed by atoms with E-state index in [0.717, 1.165) is 0 Å². The molecule has 2 nitrogen and oxygen atoms in total. The first-order valence-electron chi connectivity index (χ1n) is 7.14. The zero-order valence-electron chi connectivity index (χ0n) is 11.6. The van der Waals surface area contributed by atoms with Gasteiger partial charge in [0, 0.05) is 6.04 Å². The predicted octanol–water partition coefficient (Wildman–Crippen LogP) is 3.42. The van der Waals surface area contributed by atoms with Crippen molar-refractivity contribution in [2.24, 2.45) is 0 Å². The molecule has 0 aromatic carbocycles. The summed E-state index contributed by atoms with van der Waals surface area (Å²) in [7, 11) is 0. The van der Waals surface area contributed by atoms with Crippen molar-refractivity contribution in [2.75, 3.05) is 6.54 Å². The second-order valence-corrected chi connectivity index (χ2v) is 6.32. The lowest BCUT2D eigenvalue weighted by atomic mass is 9.97. The van der Waals surface area contributed by atoms with Crippen molar-refractivity contribution in [3.8, 4) is 0 Å². The van der Waals surface area contributed by atoms with Crippen molar-refractivity contribution >= 4 is 0 Å². The molecule has 98 valence electrons. The number of nitrogens with one attached hydrogen (secondary N) is 1. The summed E-state index contributed by atoms with van der Waals surface area (Å²) in [6.45, 7) is 7.84. The summed E-state index contributed by atoms with van der Waals surface area (Å²) in [6.07, 6.45) is 10.3. The second kappa shape index (κ2) is 5.53. The third-order valence-electron chi connectivity index (χ3n) is 3.95. The lowest BCUT2D eigenvalue weighted by Crippen LogP contribution is -2.34. The molecular weight excluding hydrogens is 210 g/mol. The predicted molar refractivity (Wildman–Crippen MR) is 72.2 cm³/mol. The third-order valence-corrected chi connectivity index (χ3v) is 3.95. The molecule has 2 heteroatoms. The van der Waals surface area contributed by atoms with Crippen LogP contribution in [0.1, 0.15) is 59.3 Å². The van der Waals surface area contributed by atoms with Gasteiger partial charge in [-0.15, -0.1) is 0 Å². The number of hydrogen-bond acceptors (Lipinski definition) is 2. The molecule has 0 bridgehead atoms. The van der Waals surface area contributed by atoms with Gasteiger partial charge in [-0.3, -0.25) is 0 Å². The normalized spacial score (nSPS) is 33.9. The van der Waals surface area contributed by atoms with Gasteiger partial charge in [-0.2, -0.15) is 0 Å². The zero-order valence-corrected chi connectivity index (χ0v) is 11.6. The molecule has 2 rings (SSSR count). The highest BCUT2D eigenvalue weighted by atomic mass is 16.5. The molecule has 2 saturated heterocycles. The Kier molecular flexibility index (Phi) is 4.26. The van der Waals surface area contributed by atoms with Crippen LogP contribution in [-0.2, 0) is 4.74 Å². The number of ether oxygens (including phenoxy) is 1. The Balaban J connectivity index is 1.80. The molecule has 0 amide bonds. The van der Waals surface area contributed by atoms with Crippen molar-refractivity contribution < 1.29 is 4.74 Å². The molecule has 2 atom stereocenters. The number of rotatable bonds is 3. The molecule has 1 N–H and O–H groups in total. The largest absolute Gasteiger partial charge is 0.368 e. The molecule has 17 heavy (non-hydrogen) atoms. The van der Waals surface area contributed by atoms with Crippen LogP contribution in [0.15, 0.2) is 11.6 Å². The first kappa shape index (κ1) is 13.1. The summed E-state index contributed by atoms with van der Waals surface area (Å²) in [5.41, 5.74) is 1.58. The molecule has 2 unspecified atom stereocenters. The van der Waals surface area contributed by atoms with Gasteiger partial charge in [-0.05, 0) is 59.4 Å². The van der Waals surface area contributed by atoms with Crippen LogP contribution in [0.3, 0.4) is 0 Å². The van der Waals surface area contributed by atoms with Gasteiger partial charge in [0.2, 0.25) is 0 Å². The Labute approximate surface area is 106 Å². The van der Waals surface area contributed by atoms with Crippen LogP contribution in [0.5, 0.6) is 0 Å². The molecule has 0 radical (unpaired) electrons. The fourth-order valence-corrected chi connectivity index (χ4v) is 3.01. The SMILES string of the molecule is CC(=CC1CCC(C)(C)O1)CC1CCCCN1. The molecule has 0 spiro atoms. The van der Waals surface area contributed by atoms with Gasteiger partial charge in [-0.1, -0.05) is 18.1 Å². The third kappa shape index (κ3) is 4.11. The Morgan fingerprint density at radius 1 is 1.35 bits per heavy atom. The van der Waals surface area contributed by atoms with Crippen LogP contribution in [0.25, 0.3) is 0 Å². The monoisotopic (exact) mass is 237 g/mol. The lowest BCUT2D eigenvalue weighted by Gasteiger charge is -2.24. The van der Waals surface area contributed by atoms with E-state index in [1.54, 1.807) is 0 Å². The van der Waals surface area contributed by atoms with Crippen molar-refractivity contribution in [2.45, 2.75) is 77.0 Å². The minimum absolute atomic E-state index is 0.0878. The van der Waals surface area contributed by atoms with Gasteiger partial charge in [0.25, 0.3) is 0 Å². The van der Waals surface area contributed by atoms with Crippen molar-refractivity contribution in [1.29, 1.82) is 0 Å². The van der Waals surface area contributed by atoms with E-state index in [1.165, 1.54) is 50.6 Å². The van der Waals surface area contributed by atoms with E-state index in [-0.39, 0.29) is 5.60 Å². The standard InChI is InChI=1S/C15H27NO/c1-12(10-13-6-4-5-9-16-13)11-14-7-8-15(2,3)17-14/h11,13-14,16H,4-10H2,1-3H3. The molecule has 2 aliphatic heterocycles. The molecule has 0 saturated carbocycles. The summed E-state index contributed by atoms with van der Waals surface area (Å²) in [5.74, 6) is 0. The van der Waals surface area contributed by atoms with Crippen LogP contribution in [0, 0.1) is 0 Å². The average molecular weight is 237 g/mol. The highest BCUT2D eigenvalue weighted by Gasteiger charge is 2.30. The number of piperidine rings is 1. The van der Waals surface area contributed by atoms with E-state index < -0.39 is 0 Å². The maximum absolute atomic E-state index is 6.01. The summed E-state index contributed by atoms with van der Waals surface area (Å²) in [5, 5.41) is 3.61. The molecule has 2 aliphatic rings.